The first-order valence-electron chi connectivity index (χ1n) is 6.98. The van der Waals surface area contributed by atoms with E-state index in [0.29, 0.717) is 24.1 Å². The summed E-state index contributed by atoms with van der Waals surface area (Å²) >= 11 is 0. The van der Waals surface area contributed by atoms with Gasteiger partial charge in [-0.15, -0.1) is 0 Å². The quantitative estimate of drug-likeness (QED) is 0.819. The molecule has 1 aliphatic carbocycles. The van der Waals surface area contributed by atoms with Gasteiger partial charge in [-0.05, 0) is 36.5 Å². The van der Waals surface area contributed by atoms with Crippen LogP contribution in [0.2, 0.25) is 0 Å². The van der Waals surface area contributed by atoms with E-state index in [1.165, 1.54) is 37.8 Å². The molecule has 2 N–H and O–H groups in total. The predicted molar refractivity (Wildman–Crippen MR) is 70.9 cm³/mol. The molecule has 0 bridgehead atoms. The number of aromatic hydroxyl groups is 1. The largest absolute Gasteiger partial charge is 0.503 e. The molecule has 0 amide bonds. The van der Waals surface area contributed by atoms with Crippen LogP contribution in [0, 0.1) is 17.6 Å². The summed E-state index contributed by atoms with van der Waals surface area (Å²) in [5, 5.41) is 12.4. The van der Waals surface area contributed by atoms with Gasteiger partial charge in [-0.3, -0.25) is 0 Å². The molecule has 1 saturated carbocycles. The molecule has 2 nitrogen and oxygen atoms in total. The second-order valence-electron chi connectivity index (χ2n) is 5.51. The number of hydrogen-bond acceptors (Lipinski definition) is 2. The molecule has 2 rings (SSSR count). The Balaban J connectivity index is 1.98. The topological polar surface area (TPSA) is 32.3 Å². The van der Waals surface area contributed by atoms with Gasteiger partial charge in [0, 0.05) is 12.6 Å². The summed E-state index contributed by atoms with van der Waals surface area (Å²) in [6.45, 7) is 2.66. The zero-order valence-electron chi connectivity index (χ0n) is 11.3. The Morgan fingerprint density at radius 2 is 1.79 bits per heavy atom. The maximum atomic E-state index is 13.2. The lowest BCUT2D eigenvalue weighted by atomic mass is 9.97. The first kappa shape index (κ1) is 14.3. The van der Waals surface area contributed by atoms with Gasteiger partial charge in [0.15, 0.2) is 17.4 Å². The van der Waals surface area contributed by atoms with Crippen LogP contribution >= 0.6 is 0 Å². The number of phenolic OH excluding ortho intramolecular Hbond substituents is 1. The van der Waals surface area contributed by atoms with Gasteiger partial charge < -0.3 is 10.4 Å². The van der Waals surface area contributed by atoms with Crippen molar-refractivity contribution in [1.82, 2.24) is 5.32 Å². The molecule has 0 saturated heterocycles. The summed E-state index contributed by atoms with van der Waals surface area (Å²) in [5.74, 6) is -2.10. The van der Waals surface area contributed by atoms with Gasteiger partial charge in [0.25, 0.3) is 0 Å². The molecular formula is C15H21F2NO. The van der Waals surface area contributed by atoms with Crippen molar-refractivity contribution < 1.29 is 13.9 Å². The lowest BCUT2D eigenvalue weighted by molar-refractivity contribution is 0.354. The Morgan fingerprint density at radius 1 is 1.16 bits per heavy atom. The third-order valence-corrected chi connectivity index (χ3v) is 4.01. The molecule has 1 aromatic rings. The molecule has 1 aromatic carbocycles. The van der Waals surface area contributed by atoms with E-state index < -0.39 is 17.4 Å². The second-order valence-corrected chi connectivity index (χ2v) is 5.51. The highest BCUT2D eigenvalue weighted by Gasteiger charge is 2.19. The number of hydrogen-bond donors (Lipinski definition) is 2. The van der Waals surface area contributed by atoms with E-state index in [1.54, 1.807) is 0 Å². The number of benzene rings is 1. The van der Waals surface area contributed by atoms with Crippen LogP contribution in [0.25, 0.3) is 0 Å². The van der Waals surface area contributed by atoms with Crippen LogP contribution in [0.3, 0.4) is 0 Å². The molecule has 0 heterocycles. The van der Waals surface area contributed by atoms with Gasteiger partial charge >= 0.3 is 0 Å². The average molecular weight is 269 g/mol. The van der Waals surface area contributed by atoms with E-state index in [-0.39, 0.29) is 0 Å². The maximum Gasteiger partial charge on any atom is 0.187 e. The molecule has 2 atom stereocenters. The summed E-state index contributed by atoms with van der Waals surface area (Å²) in [7, 11) is 0. The summed E-state index contributed by atoms with van der Waals surface area (Å²) in [6.07, 6.45) is 6.06. The maximum absolute atomic E-state index is 13.2. The number of halogens is 2. The van der Waals surface area contributed by atoms with Crippen molar-refractivity contribution in [2.75, 3.05) is 0 Å². The fourth-order valence-corrected chi connectivity index (χ4v) is 2.77. The lowest BCUT2D eigenvalue weighted by Crippen LogP contribution is -2.33. The number of phenols is 1. The number of rotatable bonds is 3. The fourth-order valence-electron chi connectivity index (χ4n) is 2.77. The summed E-state index contributed by atoms with van der Waals surface area (Å²) < 4.78 is 26.5. The molecule has 4 heteroatoms. The van der Waals surface area contributed by atoms with Crippen LogP contribution in [0.4, 0.5) is 8.78 Å². The van der Waals surface area contributed by atoms with Crippen LogP contribution in [0.15, 0.2) is 12.1 Å². The van der Waals surface area contributed by atoms with Crippen LogP contribution in [-0.4, -0.2) is 11.1 Å². The Kier molecular flexibility index (Phi) is 4.75. The molecule has 1 aliphatic rings. The molecule has 0 spiro atoms. The van der Waals surface area contributed by atoms with E-state index in [1.807, 2.05) is 0 Å². The van der Waals surface area contributed by atoms with Crippen molar-refractivity contribution in [3.05, 3.63) is 29.3 Å². The van der Waals surface area contributed by atoms with Gasteiger partial charge in [0.1, 0.15) is 0 Å². The van der Waals surface area contributed by atoms with Crippen molar-refractivity contribution in [3.8, 4) is 5.75 Å². The first-order valence-corrected chi connectivity index (χ1v) is 6.98. The minimum Gasteiger partial charge on any atom is -0.503 e. The molecule has 19 heavy (non-hydrogen) atoms. The minimum absolute atomic E-state index is 0.405. The summed E-state index contributed by atoms with van der Waals surface area (Å²) in [5.41, 5.74) is 0.532. The van der Waals surface area contributed by atoms with Gasteiger partial charge in [-0.25, -0.2) is 8.78 Å². The Morgan fingerprint density at radius 3 is 2.47 bits per heavy atom. The van der Waals surface area contributed by atoms with Crippen molar-refractivity contribution in [1.29, 1.82) is 0 Å². The van der Waals surface area contributed by atoms with E-state index in [9.17, 15) is 8.78 Å². The smallest absolute Gasteiger partial charge is 0.187 e. The van der Waals surface area contributed by atoms with Gasteiger partial charge in [-0.2, -0.15) is 0 Å². The zero-order chi connectivity index (χ0) is 13.8. The summed E-state index contributed by atoms with van der Waals surface area (Å²) in [6, 6.07) is 2.78. The highest BCUT2D eigenvalue weighted by molar-refractivity contribution is 5.29. The van der Waals surface area contributed by atoms with Crippen LogP contribution in [-0.2, 0) is 6.54 Å². The molecule has 0 radical (unpaired) electrons. The zero-order valence-corrected chi connectivity index (χ0v) is 11.3. The van der Waals surface area contributed by atoms with Gasteiger partial charge in [-0.1, -0.05) is 26.2 Å². The number of nitrogens with one attached hydrogen (secondary N) is 1. The SMILES string of the molecule is CC1CCCCCC1NCc1cc(F)c(O)c(F)c1. The third kappa shape index (κ3) is 3.66. The summed E-state index contributed by atoms with van der Waals surface area (Å²) in [4.78, 5) is 0. The van der Waals surface area contributed by atoms with Crippen LogP contribution in [0.5, 0.6) is 5.75 Å². The van der Waals surface area contributed by atoms with Gasteiger partial charge in [0.2, 0.25) is 0 Å². The van der Waals surface area contributed by atoms with Crippen molar-refractivity contribution in [2.24, 2.45) is 5.92 Å². The van der Waals surface area contributed by atoms with Gasteiger partial charge in [0.05, 0.1) is 0 Å². The molecular weight excluding hydrogens is 248 g/mol. The van der Waals surface area contributed by atoms with Crippen LogP contribution < -0.4 is 5.32 Å². The van der Waals surface area contributed by atoms with E-state index in [0.717, 1.165) is 6.42 Å². The Bertz CT molecular complexity index is 413. The molecule has 0 aliphatic heterocycles. The Labute approximate surface area is 112 Å². The third-order valence-electron chi connectivity index (χ3n) is 4.01. The highest BCUT2D eigenvalue weighted by atomic mass is 19.1. The molecule has 2 unspecified atom stereocenters. The minimum atomic E-state index is -0.897. The fraction of sp³-hybridized carbons (Fsp3) is 0.600. The average Bonchev–Trinajstić information content (AvgIpc) is 2.58. The van der Waals surface area contributed by atoms with Crippen molar-refractivity contribution in [2.45, 2.75) is 51.6 Å². The Hall–Kier alpha value is -1.16. The predicted octanol–water partition coefficient (Wildman–Crippen LogP) is 3.73. The first-order chi connectivity index (χ1) is 9.08. The lowest BCUT2D eigenvalue weighted by Gasteiger charge is -2.23. The monoisotopic (exact) mass is 269 g/mol. The molecule has 106 valence electrons. The van der Waals surface area contributed by atoms with E-state index >= 15 is 0 Å². The molecule has 1 fully saturated rings. The standard InChI is InChI=1S/C15H21F2NO/c1-10-5-3-2-4-6-14(10)18-9-11-7-12(16)15(19)13(17)8-11/h7-8,10,14,18-19H,2-6,9H2,1H3. The van der Waals surface area contributed by atoms with Crippen molar-refractivity contribution >= 4 is 0 Å². The second kappa shape index (κ2) is 6.33. The van der Waals surface area contributed by atoms with E-state index in [4.69, 9.17) is 5.11 Å². The van der Waals surface area contributed by atoms with E-state index in [2.05, 4.69) is 12.2 Å². The highest BCUT2D eigenvalue weighted by Crippen LogP contribution is 2.24. The normalized spacial score (nSPS) is 24.2. The van der Waals surface area contributed by atoms with Crippen molar-refractivity contribution in [3.63, 3.8) is 0 Å². The molecule has 0 aromatic heterocycles. The van der Waals surface area contributed by atoms with Crippen LogP contribution in [0.1, 0.15) is 44.6 Å².